The Kier molecular flexibility index (Phi) is 13.8. The molecule has 0 aliphatic carbocycles. The minimum absolute atomic E-state index is 0.0264. The number of ether oxygens (including phenoxy) is 6. The van der Waals surface area contributed by atoms with Gasteiger partial charge in [0.2, 0.25) is 0 Å². The second kappa shape index (κ2) is 17.8. The number of hydrogen-bond donors (Lipinski definition) is 2. The molecule has 2 heterocycles. The smallest absolute Gasteiger partial charge is 0.142 e. The van der Waals surface area contributed by atoms with E-state index in [1.165, 1.54) is 5.56 Å². The molecule has 0 bridgehead atoms. The Balaban J connectivity index is 1.44. The third-order valence-corrected chi connectivity index (χ3v) is 7.96. The number of benzene rings is 2. The first-order valence-electron chi connectivity index (χ1n) is 15.4. The zero-order valence-corrected chi connectivity index (χ0v) is 25.6. The normalized spacial score (nSPS) is 21.1. The second-order valence-corrected chi connectivity index (χ2v) is 11.1. The number of nitrogens with one attached hydrogen (secondary N) is 1. The summed E-state index contributed by atoms with van der Waals surface area (Å²) in [4.78, 5) is 2.37. The van der Waals surface area contributed by atoms with Gasteiger partial charge in [0.15, 0.2) is 0 Å². The van der Waals surface area contributed by atoms with Crippen molar-refractivity contribution in [2.24, 2.45) is 0 Å². The molecule has 1 fully saturated rings. The van der Waals surface area contributed by atoms with E-state index in [0.29, 0.717) is 52.6 Å². The van der Waals surface area contributed by atoms with Crippen molar-refractivity contribution in [2.45, 2.75) is 63.6 Å². The minimum atomic E-state index is -0.478. The van der Waals surface area contributed by atoms with E-state index in [9.17, 15) is 5.11 Å². The largest absolute Gasteiger partial charge is 0.490 e. The number of nitrogens with zero attached hydrogens (tertiary/aromatic N) is 1. The molecule has 0 amide bonds. The Morgan fingerprint density at radius 1 is 0.929 bits per heavy atom. The topological polar surface area (TPSA) is 90.9 Å². The van der Waals surface area contributed by atoms with Crippen molar-refractivity contribution in [3.8, 4) is 5.75 Å². The summed E-state index contributed by atoms with van der Waals surface area (Å²) >= 11 is 0. The predicted octanol–water partition coefficient (Wildman–Crippen LogP) is 3.90. The molecular weight excluding hydrogens is 536 g/mol. The molecule has 4 rings (SSSR count). The molecule has 2 aliphatic heterocycles. The van der Waals surface area contributed by atoms with Gasteiger partial charge in [-0.1, -0.05) is 37.3 Å². The van der Waals surface area contributed by atoms with Gasteiger partial charge in [-0.2, -0.15) is 0 Å². The van der Waals surface area contributed by atoms with Crippen LogP contribution in [-0.4, -0.2) is 96.9 Å². The average molecular weight is 587 g/mol. The van der Waals surface area contributed by atoms with Gasteiger partial charge in [-0.3, -0.25) is 0 Å². The predicted molar refractivity (Wildman–Crippen MR) is 163 cm³/mol. The van der Waals surface area contributed by atoms with Crippen molar-refractivity contribution in [1.82, 2.24) is 5.32 Å². The van der Waals surface area contributed by atoms with Crippen molar-refractivity contribution in [3.05, 3.63) is 59.2 Å². The standard InChI is InChI=1S/C33H50N2O7/c1-4-28(36)24-42-32-21-34-20-31(33(32)27-10-7-25(8-11-27)22-39-17-6-16-38-3)41-23-26-9-12-30-29(19-26)35(14-18-40-30)13-5-15-37-2/h7-12,19,28,31-34,36H,4-6,13-18,20-24H2,1-3H3/t28-,31+,32-,33-/m1/s1. The Hall–Kier alpha value is -2.24. The number of anilines is 1. The van der Waals surface area contributed by atoms with Crippen LogP contribution < -0.4 is 15.0 Å². The highest BCUT2D eigenvalue weighted by Gasteiger charge is 2.36. The van der Waals surface area contributed by atoms with E-state index < -0.39 is 6.10 Å². The number of fused-ring (bicyclic) bond motifs is 1. The summed E-state index contributed by atoms with van der Waals surface area (Å²) in [6.45, 7) is 9.38. The first kappa shape index (κ1) is 32.7. The minimum Gasteiger partial charge on any atom is -0.490 e. The van der Waals surface area contributed by atoms with Crippen molar-refractivity contribution >= 4 is 5.69 Å². The number of aliphatic hydroxyl groups excluding tert-OH is 1. The maximum atomic E-state index is 10.2. The van der Waals surface area contributed by atoms with E-state index in [1.54, 1.807) is 14.2 Å². The molecule has 4 atom stereocenters. The summed E-state index contributed by atoms with van der Waals surface area (Å²) in [7, 11) is 3.45. The first-order valence-corrected chi connectivity index (χ1v) is 15.4. The fraction of sp³-hybridized carbons (Fsp3) is 0.636. The van der Waals surface area contributed by atoms with Crippen molar-refractivity contribution in [1.29, 1.82) is 0 Å². The summed E-state index contributed by atoms with van der Waals surface area (Å²) in [5.41, 5.74) is 4.53. The van der Waals surface area contributed by atoms with E-state index in [2.05, 4.69) is 52.7 Å². The van der Waals surface area contributed by atoms with Gasteiger partial charge in [-0.15, -0.1) is 0 Å². The molecule has 2 aromatic carbocycles. The summed E-state index contributed by atoms with van der Waals surface area (Å²) in [5, 5.41) is 13.7. The van der Waals surface area contributed by atoms with Crippen LogP contribution in [0.1, 0.15) is 48.8 Å². The van der Waals surface area contributed by atoms with Gasteiger partial charge in [-0.05, 0) is 48.1 Å². The molecule has 2 aliphatic rings. The van der Waals surface area contributed by atoms with E-state index >= 15 is 0 Å². The summed E-state index contributed by atoms with van der Waals surface area (Å²) in [5.74, 6) is 0.948. The lowest BCUT2D eigenvalue weighted by molar-refractivity contribution is -0.0777. The Labute approximate surface area is 251 Å². The van der Waals surface area contributed by atoms with E-state index in [0.717, 1.165) is 61.6 Å². The second-order valence-electron chi connectivity index (χ2n) is 11.1. The fourth-order valence-electron chi connectivity index (χ4n) is 5.54. The van der Waals surface area contributed by atoms with E-state index in [4.69, 9.17) is 28.4 Å². The van der Waals surface area contributed by atoms with Crippen LogP contribution in [0.2, 0.25) is 0 Å². The number of hydrogen-bond acceptors (Lipinski definition) is 9. The lowest BCUT2D eigenvalue weighted by Gasteiger charge is -2.39. The third-order valence-electron chi connectivity index (χ3n) is 7.96. The van der Waals surface area contributed by atoms with Crippen molar-refractivity contribution in [2.75, 3.05) is 78.3 Å². The van der Waals surface area contributed by atoms with Crippen LogP contribution >= 0.6 is 0 Å². The van der Waals surface area contributed by atoms with Crippen LogP contribution in [0.3, 0.4) is 0 Å². The molecule has 0 unspecified atom stereocenters. The van der Waals surface area contributed by atoms with Crippen molar-refractivity contribution < 1.29 is 33.5 Å². The van der Waals surface area contributed by atoms with E-state index in [-0.39, 0.29) is 18.1 Å². The third kappa shape index (κ3) is 9.64. The Morgan fingerprint density at radius 2 is 1.67 bits per heavy atom. The van der Waals surface area contributed by atoms with E-state index in [1.807, 2.05) is 6.92 Å². The van der Waals surface area contributed by atoms with Crippen LogP contribution in [0, 0.1) is 0 Å². The summed E-state index contributed by atoms with van der Waals surface area (Å²) in [6, 6.07) is 14.9. The SMILES string of the molecule is CC[C@@H](O)CO[C@@H]1CNC[C@H](OCc2ccc3c(c2)N(CCCOC)CCO3)[C@H]1c1ccc(COCCCOC)cc1. The summed E-state index contributed by atoms with van der Waals surface area (Å²) in [6.07, 6.45) is 1.83. The number of rotatable bonds is 18. The molecule has 0 spiro atoms. The molecule has 9 heteroatoms. The highest BCUT2D eigenvalue weighted by Crippen LogP contribution is 2.34. The zero-order valence-electron chi connectivity index (χ0n) is 25.6. The molecular formula is C33H50N2O7. The van der Waals surface area contributed by atoms with Gasteiger partial charge >= 0.3 is 0 Å². The Bertz CT molecular complexity index is 1040. The molecule has 234 valence electrons. The number of piperidine rings is 1. The van der Waals surface area contributed by atoms with Gasteiger partial charge in [0.1, 0.15) is 12.4 Å². The van der Waals surface area contributed by atoms with Crippen molar-refractivity contribution in [3.63, 3.8) is 0 Å². The van der Waals surface area contributed by atoms with Crippen LogP contribution in [0.15, 0.2) is 42.5 Å². The quantitative estimate of drug-likeness (QED) is 0.253. The van der Waals surface area contributed by atoms with Crippen LogP contribution in [-0.2, 0) is 36.9 Å². The molecule has 0 aromatic heterocycles. The lowest BCUT2D eigenvalue weighted by Crippen LogP contribution is -2.51. The lowest BCUT2D eigenvalue weighted by atomic mass is 9.85. The molecule has 1 saturated heterocycles. The van der Waals surface area contributed by atoms with Crippen LogP contribution in [0.25, 0.3) is 0 Å². The maximum Gasteiger partial charge on any atom is 0.142 e. The van der Waals surface area contributed by atoms with Gasteiger partial charge in [0.25, 0.3) is 0 Å². The van der Waals surface area contributed by atoms with Crippen LogP contribution in [0.4, 0.5) is 5.69 Å². The van der Waals surface area contributed by atoms with Gasteiger partial charge in [-0.25, -0.2) is 0 Å². The van der Waals surface area contributed by atoms with Gasteiger partial charge in [0, 0.05) is 59.6 Å². The van der Waals surface area contributed by atoms with Gasteiger partial charge in [0.05, 0.1) is 50.4 Å². The number of aliphatic hydroxyl groups is 1. The molecule has 42 heavy (non-hydrogen) atoms. The molecule has 2 aromatic rings. The molecule has 9 nitrogen and oxygen atoms in total. The summed E-state index contributed by atoms with van der Waals surface area (Å²) < 4.78 is 35.0. The number of methoxy groups -OCH3 is 2. The Morgan fingerprint density at radius 3 is 2.43 bits per heavy atom. The molecule has 0 saturated carbocycles. The first-order chi connectivity index (χ1) is 20.6. The van der Waals surface area contributed by atoms with Crippen LogP contribution in [0.5, 0.6) is 5.75 Å². The average Bonchev–Trinajstić information content (AvgIpc) is 3.03. The molecule has 2 N–H and O–H groups in total. The fourth-order valence-corrected chi connectivity index (χ4v) is 5.54. The monoisotopic (exact) mass is 586 g/mol. The highest BCUT2D eigenvalue weighted by atomic mass is 16.5. The zero-order chi connectivity index (χ0) is 29.6. The highest BCUT2D eigenvalue weighted by molar-refractivity contribution is 5.61. The van der Waals surface area contributed by atoms with Gasteiger partial charge < -0.3 is 43.7 Å². The maximum absolute atomic E-state index is 10.2. The molecule has 0 radical (unpaired) electrons.